The molecule has 0 amide bonds. The second kappa shape index (κ2) is 4.63. The Morgan fingerprint density at radius 2 is 1.29 bits per heavy atom. The predicted octanol–water partition coefficient (Wildman–Crippen LogP) is 2.56. The summed E-state index contributed by atoms with van der Waals surface area (Å²) in [5, 5.41) is 0. The average molecular weight is 197 g/mol. The molecule has 0 aliphatic rings. The fraction of sp³-hybridized carbons (Fsp3) is 0. The Labute approximate surface area is 88.6 Å². The Hall–Kier alpha value is -1.54. The van der Waals surface area contributed by atoms with Crippen LogP contribution in [-0.4, -0.2) is 11.0 Å². The molecule has 2 rings (SSSR count). The van der Waals surface area contributed by atoms with Gasteiger partial charge in [-0.3, -0.25) is 0 Å². The summed E-state index contributed by atoms with van der Waals surface area (Å²) in [4.78, 5) is 0. The van der Waals surface area contributed by atoms with Crippen molar-refractivity contribution >= 4 is 16.7 Å². The molecule has 2 N–H and O–H groups in total. The van der Waals surface area contributed by atoms with Crippen molar-refractivity contribution in [1.82, 2.24) is 0 Å². The maximum absolute atomic E-state index is 5.85. The number of hydrogen-bond donors (Lipinski definition) is 1. The van der Waals surface area contributed by atoms with E-state index in [1.165, 1.54) is 5.56 Å². The van der Waals surface area contributed by atoms with Crippen LogP contribution in [0.25, 0.3) is 11.1 Å². The molecule has 0 aromatic heterocycles. The quantitative estimate of drug-likeness (QED) is 0.552. The topological polar surface area (TPSA) is 26.0 Å². The molecule has 68 valence electrons. The van der Waals surface area contributed by atoms with Crippen LogP contribution in [0.5, 0.6) is 0 Å². The predicted molar refractivity (Wildman–Crippen MR) is 62.0 cm³/mol. The second-order valence-electron chi connectivity index (χ2n) is 2.95. The normalized spacial score (nSPS) is 9.14. The van der Waals surface area contributed by atoms with Crippen molar-refractivity contribution < 1.29 is 0 Å². The summed E-state index contributed by atoms with van der Waals surface area (Å²) in [5.74, 6) is 0. The third-order valence-corrected chi connectivity index (χ3v) is 2.05. The number of nitrogen functional groups attached to an aromatic ring is 1. The lowest BCUT2D eigenvalue weighted by molar-refractivity contribution is 1.61. The number of para-hydroxylation sites is 1. The number of benzene rings is 2. The van der Waals surface area contributed by atoms with Gasteiger partial charge in [0.15, 0.2) is 0 Å². The Morgan fingerprint density at radius 3 is 1.93 bits per heavy atom. The van der Waals surface area contributed by atoms with Crippen molar-refractivity contribution in [1.29, 1.82) is 0 Å². The second-order valence-corrected chi connectivity index (χ2v) is 2.95. The van der Waals surface area contributed by atoms with Crippen LogP contribution >= 0.6 is 0 Å². The van der Waals surface area contributed by atoms with Crippen molar-refractivity contribution in [3.8, 4) is 11.1 Å². The lowest BCUT2D eigenvalue weighted by atomic mass is 10.0. The van der Waals surface area contributed by atoms with E-state index in [-0.39, 0.29) is 11.0 Å². The zero-order valence-electron chi connectivity index (χ0n) is 7.77. The van der Waals surface area contributed by atoms with E-state index in [1.807, 2.05) is 42.5 Å². The van der Waals surface area contributed by atoms with E-state index < -0.39 is 0 Å². The molecule has 0 saturated carbocycles. The van der Waals surface area contributed by atoms with Gasteiger partial charge < -0.3 is 5.73 Å². The minimum atomic E-state index is 0. The fourth-order valence-corrected chi connectivity index (χ4v) is 1.38. The molecule has 0 fully saturated rings. The van der Waals surface area contributed by atoms with Crippen LogP contribution in [0.15, 0.2) is 54.6 Å². The van der Waals surface area contributed by atoms with Crippen LogP contribution in [0.3, 0.4) is 0 Å². The smallest absolute Gasteiger partial charge is 0.0393 e. The van der Waals surface area contributed by atoms with Crippen LogP contribution in [0.4, 0.5) is 5.69 Å². The summed E-state index contributed by atoms with van der Waals surface area (Å²) in [6.45, 7) is 0. The third kappa shape index (κ3) is 2.03. The van der Waals surface area contributed by atoms with Gasteiger partial charge in [0.2, 0.25) is 0 Å². The van der Waals surface area contributed by atoms with E-state index in [9.17, 15) is 0 Å². The van der Waals surface area contributed by atoms with Crippen molar-refractivity contribution in [3.63, 3.8) is 0 Å². The lowest BCUT2D eigenvalue weighted by Gasteiger charge is -2.03. The highest BCUT2D eigenvalue weighted by Gasteiger charge is 1.98. The van der Waals surface area contributed by atoms with Gasteiger partial charge in [0.1, 0.15) is 0 Å². The standard InChI is InChI=1S/C12H11N.Si/c13-12-9-5-4-8-11(12)10-6-2-1-3-7-10;/h1-9H,13H2;. The largest absolute Gasteiger partial charge is 0.398 e. The maximum Gasteiger partial charge on any atom is 0.0393 e. The summed E-state index contributed by atoms with van der Waals surface area (Å²) >= 11 is 0. The molecule has 14 heavy (non-hydrogen) atoms. The first-order valence-electron chi connectivity index (χ1n) is 4.28. The molecular weight excluding hydrogens is 186 g/mol. The molecule has 4 radical (unpaired) electrons. The summed E-state index contributed by atoms with van der Waals surface area (Å²) in [6, 6.07) is 18.1. The fourth-order valence-electron chi connectivity index (χ4n) is 1.38. The zero-order chi connectivity index (χ0) is 9.10. The molecule has 0 spiro atoms. The first-order valence-corrected chi connectivity index (χ1v) is 4.28. The molecular formula is C12H11NSi. The van der Waals surface area contributed by atoms with E-state index in [1.54, 1.807) is 0 Å². The monoisotopic (exact) mass is 197 g/mol. The Morgan fingerprint density at radius 1 is 0.714 bits per heavy atom. The molecule has 0 aliphatic carbocycles. The number of nitrogens with two attached hydrogens (primary N) is 1. The molecule has 0 bridgehead atoms. The van der Waals surface area contributed by atoms with Crippen molar-refractivity contribution in [2.75, 3.05) is 5.73 Å². The molecule has 1 nitrogen and oxygen atoms in total. The number of hydrogen-bond acceptors (Lipinski definition) is 1. The van der Waals surface area contributed by atoms with E-state index in [4.69, 9.17) is 5.73 Å². The molecule has 2 heteroatoms. The molecule has 0 unspecified atom stereocenters. The van der Waals surface area contributed by atoms with Gasteiger partial charge in [-0.15, -0.1) is 0 Å². The highest BCUT2D eigenvalue weighted by molar-refractivity contribution is 5.76. The van der Waals surface area contributed by atoms with E-state index in [0.717, 1.165) is 11.3 Å². The Balaban J connectivity index is 0.000000980. The summed E-state index contributed by atoms with van der Waals surface area (Å²) in [7, 11) is 0. The van der Waals surface area contributed by atoms with E-state index in [2.05, 4.69) is 12.1 Å². The SMILES string of the molecule is Nc1ccccc1-c1ccccc1.[Si]. The van der Waals surface area contributed by atoms with Gasteiger partial charge in [0.05, 0.1) is 0 Å². The van der Waals surface area contributed by atoms with Crippen LogP contribution in [0, 0.1) is 0 Å². The molecule has 2 aromatic carbocycles. The van der Waals surface area contributed by atoms with Gasteiger partial charge in [-0.05, 0) is 11.6 Å². The van der Waals surface area contributed by atoms with Crippen molar-refractivity contribution in [2.24, 2.45) is 0 Å². The van der Waals surface area contributed by atoms with Crippen LogP contribution < -0.4 is 5.73 Å². The van der Waals surface area contributed by atoms with Crippen molar-refractivity contribution in [3.05, 3.63) is 54.6 Å². The summed E-state index contributed by atoms with van der Waals surface area (Å²) in [6.07, 6.45) is 0. The van der Waals surface area contributed by atoms with E-state index in [0.29, 0.717) is 0 Å². The molecule has 0 aliphatic heterocycles. The van der Waals surface area contributed by atoms with Gasteiger partial charge >= 0.3 is 0 Å². The minimum Gasteiger partial charge on any atom is -0.398 e. The first-order chi connectivity index (χ1) is 6.38. The van der Waals surface area contributed by atoms with Gasteiger partial charge in [0, 0.05) is 22.2 Å². The number of anilines is 1. The summed E-state index contributed by atoms with van der Waals surface area (Å²) < 4.78 is 0. The van der Waals surface area contributed by atoms with E-state index >= 15 is 0 Å². The van der Waals surface area contributed by atoms with Crippen LogP contribution in [0.1, 0.15) is 0 Å². The third-order valence-electron chi connectivity index (χ3n) is 2.05. The van der Waals surface area contributed by atoms with Gasteiger partial charge in [-0.2, -0.15) is 0 Å². The maximum atomic E-state index is 5.85. The zero-order valence-corrected chi connectivity index (χ0v) is 8.77. The molecule has 2 aromatic rings. The molecule has 0 atom stereocenters. The molecule has 0 saturated heterocycles. The summed E-state index contributed by atoms with van der Waals surface area (Å²) in [5.41, 5.74) is 8.95. The van der Waals surface area contributed by atoms with Gasteiger partial charge in [-0.1, -0.05) is 48.5 Å². The highest BCUT2D eigenvalue weighted by Crippen LogP contribution is 2.24. The van der Waals surface area contributed by atoms with Gasteiger partial charge in [0.25, 0.3) is 0 Å². The van der Waals surface area contributed by atoms with Crippen molar-refractivity contribution in [2.45, 2.75) is 0 Å². The van der Waals surface area contributed by atoms with Crippen LogP contribution in [0.2, 0.25) is 0 Å². The average Bonchev–Trinajstić information content (AvgIpc) is 2.20. The Bertz CT molecular complexity index is 398. The van der Waals surface area contributed by atoms with Gasteiger partial charge in [-0.25, -0.2) is 0 Å². The highest BCUT2D eigenvalue weighted by atomic mass is 28.1. The minimum absolute atomic E-state index is 0. The Kier molecular flexibility index (Phi) is 3.48. The number of rotatable bonds is 1. The molecule has 0 heterocycles. The first kappa shape index (κ1) is 10.5. The van der Waals surface area contributed by atoms with Crippen LogP contribution in [-0.2, 0) is 0 Å². The lowest BCUT2D eigenvalue weighted by Crippen LogP contribution is -1.88.